The van der Waals surface area contributed by atoms with Crippen molar-refractivity contribution in [1.82, 2.24) is 4.90 Å². The molecule has 1 aliphatic rings. The number of ketones is 1. The van der Waals surface area contributed by atoms with E-state index in [0.717, 1.165) is 32.7 Å². The molecule has 0 amide bonds. The molecule has 1 heterocycles. The maximum Gasteiger partial charge on any atom is 0.153 e. The van der Waals surface area contributed by atoms with Gasteiger partial charge in [-0.2, -0.15) is 0 Å². The SMILES string of the molecule is C#CCCC(=O)C(C)(CC)N1CCOCC1. The van der Waals surface area contributed by atoms with E-state index in [1.807, 2.05) is 6.92 Å². The second-order valence-electron chi connectivity index (χ2n) is 4.35. The topological polar surface area (TPSA) is 29.5 Å². The van der Waals surface area contributed by atoms with Crippen molar-refractivity contribution < 1.29 is 9.53 Å². The van der Waals surface area contributed by atoms with Crippen molar-refractivity contribution in [2.75, 3.05) is 26.3 Å². The standard InChI is InChI=1S/C13H21NO2/c1-4-6-7-12(15)13(3,5-2)14-8-10-16-11-9-14/h1H,5-11H2,2-3H3. The monoisotopic (exact) mass is 223 g/mol. The number of nitrogens with zero attached hydrogens (tertiary/aromatic N) is 1. The molecule has 16 heavy (non-hydrogen) atoms. The van der Waals surface area contributed by atoms with Crippen molar-refractivity contribution in [3.05, 3.63) is 0 Å². The van der Waals surface area contributed by atoms with Gasteiger partial charge in [0.15, 0.2) is 5.78 Å². The van der Waals surface area contributed by atoms with Crippen LogP contribution in [-0.2, 0) is 9.53 Å². The number of morpholine rings is 1. The largest absolute Gasteiger partial charge is 0.379 e. The first-order valence-electron chi connectivity index (χ1n) is 5.94. The Hall–Kier alpha value is -0.850. The Balaban J connectivity index is 2.67. The van der Waals surface area contributed by atoms with Crippen LogP contribution in [0.4, 0.5) is 0 Å². The van der Waals surface area contributed by atoms with Crippen molar-refractivity contribution in [2.45, 2.75) is 38.6 Å². The highest BCUT2D eigenvalue weighted by Gasteiger charge is 2.37. The Morgan fingerprint density at radius 2 is 2.12 bits per heavy atom. The van der Waals surface area contributed by atoms with E-state index in [9.17, 15) is 4.79 Å². The molecule has 0 aliphatic carbocycles. The molecule has 90 valence electrons. The Labute approximate surface area is 98.1 Å². The van der Waals surface area contributed by atoms with Crippen molar-refractivity contribution >= 4 is 5.78 Å². The lowest BCUT2D eigenvalue weighted by Gasteiger charge is -2.41. The number of hydrogen-bond acceptors (Lipinski definition) is 3. The molecular weight excluding hydrogens is 202 g/mol. The molecule has 0 N–H and O–H groups in total. The van der Waals surface area contributed by atoms with Gasteiger partial charge in [-0.25, -0.2) is 0 Å². The molecule has 3 nitrogen and oxygen atoms in total. The molecule has 0 spiro atoms. The first-order valence-corrected chi connectivity index (χ1v) is 5.94. The Morgan fingerprint density at radius 3 is 2.62 bits per heavy atom. The van der Waals surface area contributed by atoms with E-state index in [4.69, 9.17) is 11.2 Å². The quantitative estimate of drug-likeness (QED) is 0.661. The van der Waals surface area contributed by atoms with Gasteiger partial charge in [-0.3, -0.25) is 9.69 Å². The summed E-state index contributed by atoms with van der Waals surface area (Å²) in [5.74, 6) is 2.79. The lowest BCUT2D eigenvalue weighted by atomic mass is 9.88. The maximum absolute atomic E-state index is 12.2. The molecule has 1 rings (SSSR count). The molecule has 0 aromatic rings. The first-order chi connectivity index (χ1) is 7.65. The van der Waals surface area contributed by atoms with Crippen LogP contribution in [0.25, 0.3) is 0 Å². The van der Waals surface area contributed by atoms with Crippen LogP contribution >= 0.6 is 0 Å². The molecule has 1 unspecified atom stereocenters. The molecule has 3 heteroatoms. The number of hydrogen-bond donors (Lipinski definition) is 0. The highest BCUT2D eigenvalue weighted by Crippen LogP contribution is 2.23. The van der Waals surface area contributed by atoms with Crippen LogP contribution in [0.2, 0.25) is 0 Å². The third kappa shape index (κ3) is 2.84. The van der Waals surface area contributed by atoms with E-state index in [1.165, 1.54) is 0 Å². The predicted octanol–water partition coefficient (Wildman–Crippen LogP) is 1.47. The highest BCUT2D eigenvalue weighted by molar-refractivity contribution is 5.88. The molecule has 1 aliphatic heterocycles. The van der Waals surface area contributed by atoms with Crippen molar-refractivity contribution in [3.63, 3.8) is 0 Å². The zero-order chi connectivity index (χ0) is 12.0. The summed E-state index contributed by atoms with van der Waals surface area (Å²) in [4.78, 5) is 14.4. The summed E-state index contributed by atoms with van der Waals surface area (Å²) >= 11 is 0. The second-order valence-corrected chi connectivity index (χ2v) is 4.35. The van der Waals surface area contributed by atoms with Crippen LogP contribution in [0.5, 0.6) is 0 Å². The maximum atomic E-state index is 12.2. The van der Waals surface area contributed by atoms with Gasteiger partial charge in [0.05, 0.1) is 18.8 Å². The molecule has 0 bridgehead atoms. The van der Waals surface area contributed by atoms with Gasteiger partial charge in [0.25, 0.3) is 0 Å². The van der Waals surface area contributed by atoms with E-state index < -0.39 is 0 Å². The van der Waals surface area contributed by atoms with Crippen LogP contribution < -0.4 is 0 Å². The van der Waals surface area contributed by atoms with Crippen LogP contribution in [0.15, 0.2) is 0 Å². The van der Waals surface area contributed by atoms with Gasteiger partial charge in [-0.05, 0) is 13.3 Å². The fraction of sp³-hybridized carbons (Fsp3) is 0.769. The zero-order valence-corrected chi connectivity index (χ0v) is 10.3. The number of terminal acetylenes is 1. The van der Waals surface area contributed by atoms with Crippen LogP contribution in [0.1, 0.15) is 33.1 Å². The van der Waals surface area contributed by atoms with Gasteiger partial charge in [0.2, 0.25) is 0 Å². The summed E-state index contributed by atoms with van der Waals surface area (Å²) in [6.45, 7) is 7.20. The fourth-order valence-electron chi connectivity index (χ4n) is 2.11. The molecule has 1 fully saturated rings. The summed E-state index contributed by atoms with van der Waals surface area (Å²) in [6, 6.07) is 0. The summed E-state index contributed by atoms with van der Waals surface area (Å²) in [6.07, 6.45) is 7.06. The normalized spacial score (nSPS) is 21.1. The van der Waals surface area contributed by atoms with E-state index in [0.29, 0.717) is 12.8 Å². The average Bonchev–Trinajstić information content (AvgIpc) is 2.35. The molecule has 0 aromatic heterocycles. The summed E-state index contributed by atoms with van der Waals surface area (Å²) < 4.78 is 5.31. The van der Waals surface area contributed by atoms with Crippen molar-refractivity contribution in [3.8, 4) is 12.3 Å². The third-order valence-electron chi connectivity index (χ3n) is 3.49. The van der Waals surface area contributed by atoms with Crippen LogP contribution in [0.3, 0.4) is 0 Å². The van der Waals surface area contributed by atoms with E-state index in [1.54, 1.807) is 0 Å². The Morgan fingerprint density at radius 1 is 1.50 bits per heavy atom. The smallest absolute Gasteiger partial charge is 0.153 e. The highest BCUT2D eigenvalue weighted by atomic mass is 16.5. The number of carbonyl (C=O) groups excluding carboxylic acids is 1. The van der Waals surface area contributed by atoms with E-state index >= 15 is 0 Å². The van der Waals surface area contributed by atoms with E-state index in [2.05, 4.69) is 17.7 Å². The number of rotatable bonds is 5. The zero-order valence-electron chi connectivity index (χ0n) is 10.3. The molecule has 0 radical (unpaired) electrons. The third-order valence-corrected chi connectivity index (χ3v) is 3.49. The molecule has 1 saturated heterocycles. The summed E-state index contributed by atoms with van der Waals surface area (Å²) in [5.41, 5.74) is -0.360. The Kier molecular flexibility index (Phi) is 4.98. The first kappa shape index (κ1) is 13.2. The van der Waals surface area contributed by atoms with Gasteiger partial charge in [-0.1, -0.05) is 6.92 Å². The minimum atomic E-state index is -0.360. The number of ether oxygens (including phenoxy) is 1. The van der Waals surface area contributed by atoms with Gasteiger partial charge in [0, 0.05) is 25.9 Å². The molecule has 0 aromatic carbocycles. The molecule has 0 saturated carbocycles. The number of Topliss-reactive ketones (excluding diaryl/α,β-unsaturated/α-hetero) is 1. The summed E-state index contributed by atoms with van der Waals surface area (Å²) in [5, 5.41) is 0. The van der Waals surface area contributed by atoms with E-state index in [-0.39, 0.29) is 11.3 Å². The average molecular weight is 223 g/mol. The second kappa shape index (κ2) is 6.03. The fourth-order valence-corrected chi connectivity index (χ4v) is 2.11. The molecular formula is C13H21NO2. The lowest BCUT2D eigenvalue weighted by Crippen LogP contribution is -2.56. The van der Waals surface area contributed by atoms with Gasteiger partial charge >= 0.3 is 0 Å². The summed E-state index contributed by atoms with van der Waals surface area (Å²) in [7, 11) is 0. The lowest BCUT2D eigenvalue weighted by molar-refractivity contribution is -0.133. The van der Waals surface area contributed by atoms with Gasteiger partial charge in [0.1, 0.15) is 0 Å². The van der Waals surface area contributed by atoms with Crippen LogP contribution in [0, 0.1) is 12.3 Å². The van der Waals surface area contributed by atoms with Crippen molar-refractivity contribution in [1.29, 1.82) is 0 Å². The minimum Gasteiger partial charge on any atom is -0.379 e. The van der Waals surface area contributed by atoms with Gasteiger partial charge in [-0.15, -0.1) is 12.3 Å². The molecule has 1 atom stereocenters. The van der Waals surface area contributed by atoms with Crippen molar-refractivity contribution in [2.24, 2.45) is 0 Å². The van der Waals surface area contributed by atoms with Crippen LogP contribution in [-0.4, -0.2) is 42.5 Å². The Bertz CT molecular complexity index is 276. The van der Waals surface area contributed by atoms with Gasteiger partial charge < -0.3 is 4.74 Å². The number of carbonyl (C=O) groups is 1. The predicted molar refractivity (Wildman–Crippen MR) is 64.2 cm³/mol. The minimum absolute atomic E-state index is 0.259.